The van der Waals surface area contributed by atoms with Crippen LogP contribution in [0.15, 0.2) is 48.5 Å². The Balaban J connectivity index is 1.73. The average molecular weight is 297 g/mol. The van der Waals surface area contributed by atoms with Crippen LogP contribution in [0.25, 0.3) is 0 Å². The maximum absolute atomic E-state index is 11.9. The first-order valence-electron chi connectivity index (χ1n) is 7.49. The highest BCUT2D eigenvalue weighted by Gasteiger charge is 2.29. The summed E-state index contributed by atoms with van der Waals surface area (Å²) in [7, 11) is 0. The number of aliphatic hydroxyl groups is 1. The van der Waals surface area contributed by atoms with E-state index in [1.807, 2.05) is 55.5 Å². The topological polar surface area (TPSA) is 58.6 Å². The van der Waals surface area contributed by atoms with Crippen molar-refractivity contribution in [2.45, 2.75) is 25.4 Å². The first-order chi connectivity index (χ1) is 10.7. The molecular formula is C18H19NO3. The second kappa shape index (κ2) is 6.20. The lowest BCUT2D eigenvalue weighted by molar-refractivity contribution is -0.117. The zero-order chi connectivity index (χ0) is 15.5. The van der Waals surface area contributed by atoms with Crippen LogP contribution in [0.3, 0.4) is 0 Å². The van der Waals surface area contributed by atoms with Gasteiger partial charge in [-0.2, -0.15) is 0 Å². The van der Waals surface area contributed by atoms with Crippen molar-refractivity contribution >= 4 is 11.6 Å². The van der Waals surface area contributed by atoms with E-state index in [1.165, 1.54) is 0 Å². The van der Waals surface area contributed by atoms with Crippen LogP contribution in [0.1, 0.15) is 36.5 Å². The molecule has 1 heterocycles. The quantitative estimate of drug-likeness (QED) is 0.890. The molecule has 2 unspecified atom stereocenters. The van der Waals surface area contributed by atoms with Crippen molar-refractivity contribution in [3.8, 4) is 5.75 Å². The minimum Gasteiger partial charge on any atom is -0.491 e. The van der Waals surface area contributed by atoms with E-state index in [4.69, 9.17) is 4.74 Å². The van der Waals surface area contributed by atoms with Crippen molar-refractivity contribution in [3.05, 3.63) is 59.7 Å². The summed E-state index contributed by atoms with van der Waals surface area (Å²) < 4.78 is 5.58. The van der Waals surface area contributed by atoms with Gasteiger partial charge in [0.1, 0.15) is 18.5 Å². The largest absolute Gasteiger partial charge is 0.491 e. The molecule has 0 bridgehead atoms. The molecule has 3 rings (SSSR count). The number of aliphatic hydroxyl groups excluding tert-OH is 1. The third-order valence-corrected chi connectivity index (χ3v) is 3.97. The number of rotatable bonds is 5. The Hall–Kier alpha value is -2.33. The minimum atomic E-state index is -0.723. The van der Waals surface area contributed by atoms with E-state index >= 15 is 0 Å². The van der Waals surface area contributed by atoms with Gasteiger partial charge in [0.15, 0.2) is 0 Å². The summed E-state index contributed by atoms with van der Waals surface area (Å²) in [6, 6.07) is 15.0. The van der Waals surface area contributed by atoms with Crippen LogP contribution in [0.5, 0.6) is 5.75 Å². The summed E-state index contributed by atoms with van der Waals surface area (Å²) in [5, 5.41) is 13.2. The van der Waals surface area contributed by atoms with Crippen LogP contribution >= 0.6 is 0 Å². The van der Waals surface area contributed by atoms with E-state index in [0.29, 0.717) is 0 Å². The number of hydrogen-bond acceptors (Lipinski definition) is 3. The molecule has 2 N–H and O–H groups in total. The van der Waals surface area contributed by atoms with Gasteiger partial charge in [-0.05, 0) is 35.7 Å². The van der Waals surface area contributed by atoms with Crippen LogP contribution in [0.4, 0.5) is 5.69 Å². The van der Waals surface area contributed by atoms with Crippen LogP contribution in [0.2, 0.25) is 0 Å². The second-order valence-corrected chi connectivity index (χ2v) is 5.44. The van der Waals surface area contributed by atoms with E-state index in [-0.39, 0.29) is 18.4 Å². The number of carbonyl (C=O) groups excluding carboxylic acids is 1. The molecule has 114 valence electrons. The third-order valence-electron chi connectivity index (χ3n) is 3.97. The first kappa shape index (κ1) is 14.6. The number of benzene rings is 2. The summed E-state index contributed by atoms with van der Waals surface area (Å²) in [4.78, 5) is 11.9. The standard InChI is InChI=1S/C18H19NO3/c1-2-14-15-10-12(8-9-16(15)19-18(14)21)17(20)11-22-13-6-4-3-5-7-13/h3-10,14,17,20H,2,11H2,1H3,(H,19,21). The SMILES string of the molecule is CCC1C(=O)Nc2ccc(C(O)COc3ccccc3)cc21. The van der Waals surface area contributed by atoms with Crippen molar-refractivity contribution in [3.63, 3.8) is 0 Å². The molecule has 2 atom stereocenters. The highest BCUT2D eigenvalue weighted by Crippen LogP contribution is 2.36. The highest BCUT2D eigenvalue weighted by atomic mass is 16.5. The second-order valence-electron chi connectivity index (χ2n) is 5.44. The fourth-order valence-corrected chi connectivity index (χ4v) is 2.75. The molecule has 4 nitrogen and oxygen atoms in total. The molecule has 1 aliphatic heterocycles. The number of anilines is 1. The summed E-state index contributed by atoms with van der Waals surface area (Å²) in [6.07, 6.45) is 0.0255. The smallest absolute Gasteiger partial charge is 0.231 e. The van der Waals surface area contributed by atoms with E-state index in [9.17, 15) is 9.90 Å². The van der Waals surface area contributed by atoms with Gasteiger partial charge in [0, 0.05) is 5.69 Å². The molecule has 0 saturated carbocycles. The molecular weight excluding hydrogens is 278 g/mol. The van der Waals surface area contributed by atoms with E-state index in [1.54, 1.807) is 0 Å². The van der Waals surface area contributed by atoms with E-state index in [0.717, 1.165) is 29.0 Å². The maximum Gasteiger partial charge on any atom is 0.231 e. The number of amides is 1. The van der Waals surface area contributed by atoms with E-state index < -0.39 is 6.10 Å². The van der Waals surface area contributed by atoms with Gasteiger partial charge in [-0.3, -0.25) is 4.79 Å². The Morgan fingerprint density at radius 2 is 2.00 bits per heavy atom. The van der Waals surface area contributed by atoms with Crippen LogP contribution in [-0.4, -0.2) is 17.6 Å². The molecule has 1 amide bonds. The Labute approximate surface area is 129 Å². The van der Waals surface area contributed by atoms with Crippen molar-refractivity contribution in [1.29, 1.82) is 0 Å². The lowest BCUT2D eigenvalue weighted by atomic mass is 9.95. The average Bonchev–Trinajstić information content (AvgIpc) is 2.87. The zero-order valence-corrected chi connectivity index (χ0v) is 12.5. The molecule has 2 aromatic rings. The summed E-state index contributed by atoms with van der Waals surface area (Å²) in [5.41, 5.74) is 2.57. The van der Waals surface area contributed by atoms with Gasteiger partial charge in [0.2, 0.25) is 5.91 Å². The van der Waals surface area contributed by atoms with Gasteiger partial charge in [-0.1, -0.05) is 37.3 Å². The molecule has 0 spiro atoms. The maximum atomic E-state index is 11.9. The van der Waals surface area contributed by atoms with Crippen molar-refractivity contribution in [2.24, 2.45) is 0 Å². The van der Waals surface area contributed by atoms with Crippen molar-refractivity contribution in [1.82, 2.24) is 0 Å². The number of carbonyl (C=O) groups is 1. The normalized spacial score (nSPS) is 17.7. The van der Waals surface area contributed by atoms with Crippen LogP contribution < -0.4 is 10.1 Å². The molecule has 22 heavy (non-hydrogen) atoms. The fraction of sp³-hybridized carbons (Fsp3) is 0.278. The zero-order valence-electron chi connectivity index (χ0n) is 12.5. The predicted molar refractivity (Wildman–Crippen MR) is 85.0 cm³/mol. The molecule has 0 radical (unpaired) electrons. The number of fused-ring (bicyclic) bond motifs is 1. The van der Waals surface area contributed by atoms with Crippen LogP contribution in [0, 0.1) is 0 Å². The third kappa shape index (κ3) is 2.83. The number of para-hydroxylation sites is 1. The molecule has 0 saturated heterocycles. The molecule has 2 aromatic carbocycles. The Morgan fingerprint density at radius 1 is 1.23 bits per heavy atom. The first-order valence-corrected chi connectivity index (χ1v) is 7.49. The van der Waals surface area contributed by atoms with Gasteiger partial charge in [0.05, 0.1) is 5.92 Å². The Morgan fingerprint density at radius 3 is 2.73 bits per heavy atom. The minimum absolute atomic E-state index is 0.0321. The van der Waals surface area contributed by atoms with Gasteiger partial charge >= 0.3 is 0 Å². The fourth-order valence-electron chi connectivity index (χ4n) is 2.75. The molecule has 0 aliphatic carbocycles. The Bertz CT molecular complexity index is 669. The van der Waals surface area contributed by atoms with Crippen molar-refractivity contribution in [2.75, 3.05) is 11.9 Å². The Kier molecular flexibility index (Phi) is 4.11. The summed E-state index contributed by atoms with van der Waals surface area (Å²) in [6.45, 7) is 2.17. The molecule has 4 heteroatoms. The number of hydrogen-bond donors (Lipinski definition) is 2. The van der Waals surface area contributed by atoms with Gasteiger partial charge in [-0.25, -0.2) is 0 Å². The molecule has 0 aromatic heterocycles. The molecule has 1 aliphatic rings. The van der Waals surface area contributed by atoms with Gasteiger partial charge < -0.3 is 15.2 Å². The predicted octanol–water partition coefficient (Wildman–Crippen LogP) is 3.24. The van der Waals surface area contributed by atoms with Gasteiger partial charge in [0.25, 0.3) is 0 Å². The summed E-state index contributed by atoms with van der Waals surface area (Å²) >= 11 is 0. The number of ether oxygens (including phenoxy) is 1. The highest BCUT2D eigenvalue weighted by molar-refractivity contribution is 6.02. The van der Waals surface area contributed by atoms with E-state index in [2.05, 4.69) is 5.32 Å². The summed E-state index contributed by atoms with van der Waals surface area (Å²) in [5.74, 6) is 0.632. The number of nitrogens with one attached hydrogen (secondary N) is 1. The van der Waals surface area contributed by atoms with Gasteiger partial charge in [-0.15, -0.1) is 0 Å². The van der Waals surface area contributed by atoms with Crippen LogP contribution in [-0.2, 0) is 4.79 Å². The lowest BCUT2D eigenvalue weighted by Crippen LogP contribution is -2.11. The monoisotopic (exact) mass is 297 g/mol. The lowest BCUT2D eigenvalue weighted by Gasteiger charge is -2.14. The molecule has 0 fully saturated rings. The van der Waals surface area contributed by atoms with Crippen molar-refractivity contribution < 1.29 is 14.6 Å².